The first-order chi connectivity index (χ1) is 17.0. The van der Waals surface area contributed by atoms with Gasteiger partial charge >= 0.3 is 0 Å². The molecule has 0 saturated heterocycles. The van der Waals surface area contributed by atoms with E-state index in [1.807, 2.05) is 6.92 Å². The summed E-state index contributed by atoms with van der Waals surface area (Å²) in [4.78, 5) is 12.6. The highest BCUT2D eigenvalue weighted by Crippen LogP contribution is 2.28. The molecular formula is C22H21FN8O4. The third kappa shape index (κ3) is 5.24. The maximum atomic E-state index is 13.1. The molecule has 0 bridgehead atoms. The van der Waals surface area contributed by atoms with Crippen molar-refractivity contribution in [1.29, 1.82) is 0 Å². The molecule has 12 nitrogen and oxygen atoms in total. The van der Waals surface area contributed by atoms with Gasteiger partial charge in [0.15, 0.2) is 17.2 Å². The molecule has 0 aliphatic carbocycles. The molecule has 0 unspecified atom stereocenters. The number of halogens is 1. The number of hydrazone groups is 1. The van der Waals surface area contributed by atoms with Crippen molar-refractivity contribution in [3.63, 3.8) is 0 Å². The predicted molar refractivity (Wildman–Crippen MR) is 122 cm³/mol. The lowest BCUT2D eigenvalue weighted by Gasteiger charge is -2.11. The number of carbonyl (C=O) groups excluding carboxylic acids is 1. The summed E-state index contributed by atoms with van der Waals surface area (Å²) in [6.07, 6.45) is 1.86. The lowest BCUT2D eigenvalue weighted by atomic mass is 10.2. The number of aromatic nitrogens is 5. The summed E-state index contributed by atoms with van der Waals surface area (Å²) in [6.45, 7) is 2.07. The number of hydrogen-bond acceptors (Lipinski definition) is 10. The zero-order chi connectivity index (χ0) is 24.8. The van der Waals surface area contributed by atoms with Crippen LogP contribution in [-0.4, -0.2) is 44.5 Å². The molecule has 4 rings (SSSR count). The molecule has 0 fully saturated rings. The monoisotopic (exact) mass is 480 g/mol. The van der Waals surface area contributed by atoms with Gasteiger partial charge < -0.3 is 15.2 Å². The van der Waals surface area contributed by atoms with Gasteiger partial charge in [-0.2, -0.15) is 9.78 Å². The van der Waals surface area contributed by atoms with E-state index in [9.17, 15) is 9.18 Å². The fraction of sp³-hybridized carbons (Fsp3) is 0.182. The molecule has 0 atom stereocenters. The van der Waals surface area contributed by atoms with Crippen molar-refractivity contribution in [2.75, 3.05) is 12.8 Å². The normalized spacial score (nSPS) is 11.1. The first-order valence-electron chi connectivity index (χ1n) is 10.4. The molecule has 1 amide bonds. The number of benzene rings is 2. The van der Waals surface area contributed by atoms with Crippen molar-refractivity contribution >= 4 is 17.9 Å². The van der Waals surface area contributed by atoms with E-state index in [0.717, 1.165) is 5.56 Å². The zero-order valence-corrected chi connectivity index (χ0v) is 18.8. The Morgan fingerprint density at radius 3 is 2.71 bits per heavy atom. The maximum Gasteiger partial charge on any atom is 0.293 e. The molecule has 4 aromatic rings. The average molecular weight is 480 g/mol. The Morgan fingerprint density at radius 2 is 2.03 bits per heavy atom. The third-order valence-corrected chi connectivity index (χ3v) is 4.88. The largest absolute Gasteiger partial charge is 0.493 e. The molecule has 13 heteroatoms. The van der Waals surface area contributed by atoms with Crippen molar-refractivity contribution < 1.29 is 23.3 Å². The van der Waals surface area contributed by atoms with Crippen molar-refractivity contribution in [2.24, 2.45) is 5.10 Å². The molecule has 0 saturated carbocycles. The highest BCUT2D eigenvalue weighted by Gasteiger charge is 2.22. The molecule has 180 valence electrons. The van der Waals surface area contributed by atoms with Gasteiger partial charge in [-0.3, -0.25) is 4.79 Å². The molecule has 35 heavy (non-hydrogen) atoms. The van der Waals surface area contributed by atoms with Crippen LogP contribution in [0.3, 0.4) is 0 Å². The minimum absolute atomic E-state index is 0.0219. The summed E-state index contributed by atoms with van der Waals surface area (Å²) < 4.78 is 30.1. The van der Waals surface area contributed by atoms with Crippen molar-refractivity contribution in [2.45, 2.75) is 20.0 Å². The van der Waals surface area contributed by atoms with Crippen LogP contribution < -0.4 is 20.6 Å². The van der Waals surface area contributed by atoms with Crippen LogP contribution >= 0.6 is 0 Å². The van der Waals surface area contributed by atoms with E-state index in [4.69, 9.17) is 15.2 Å². The van der Waals surface area contributed by atoms with Crippen molar-refractivity contribution in [3.05, 3.63) is 70.8 Å². The Balaban J connectivity index is 1.42. The highest BCUT2D eigenvalue weighted by atomic mass is 19.1. The van der Waals surface area contributed by atoms with Gasteiger partial charge in [0.25, 0.3) is 5.91 Å². The highest BCUT2D eigenvalue weighted by molar-refractivity contribution is 5.94. The molecule has 0 aliphatic rings. The van der Waals surface area contributed by atoms with Crippen LogP contribution in [-0.2, 0) is 13.0 Å². The average Bonchev–Trinajstić information content (AvgIpc) is 3.49. The first kappa shape index (κ1) is 23.4. The minimum atomic E-state index is -0.564. The lowest BCUT2D eigenvalue weighted by Crippen LogP contribution is -2.20. The maximum absolute atomic E-state index is 13.1. The van der Waals surface area contributed by atoms with Crippen molar-refractivity contribution in [3.8, 4) is 17.3 Å². The number of amides is 1. The van der Waals surface area contributed by atoms with Gasteiger partial charge in [0.2, 0.25) is 11.6 Å². The molecule has 2 aromatic carbocycles. The number of nitrogens with one attached hydrogen (secondary N) is 1. The van der Waals surface area contributed by atoms with Gasteiger partial charge in [-0.1, -0.05) is 24.3 Å². The topological polar surface area (TPSA) is 156 Å². The standard InChI is InChI=1S/C22H21FN8O4/c1-3-16-19(26-30-31(16)21-20(24)28-35-29-21)22(32)27-25-11-14-6-9-17(18(10-14)33-2)34-12-13-4-7-15(23)8-5-13/h4-11H,3,12H2,1-2H3,(H2,24,28)(H,27,32). The number of nitrogens with two attached hydrogens (primary N) is 1. The number of carbonyl (C=O) groups is 1. The fourth-order valence-electron chi connectivity index (χ4n) is 3.15. The summed E-state index contributed by atoms with van der Waals surface area (Å²) in [5.41, 5.74) is 10.1. The fourth-order valence-corrected chi connectivity index (χ4v) is 3.15. The van der Waals surface area contributed by atoms with E-state index in [1.165, 1.54) is 30.1 Å². The smallest absolute Gasteiger partial charge is 0.293 e. The Labute approximate surface area is 198 Å². The second-order valence-electron chi connectivity index (χ2n) is 7.15. The molecule has 0 spiro atoms. The number of ether oxygens (including phenoxy) is 2. The summed E-state index contributed by atoms with van der Waals surface area (Å²) in [5.74, 6) is 0.265. The van der Waals surface area contributed by atoms with Crippen molar-refractivity contribution in [1.82, 2.24) is 30.7 Å². The van der Waals surface area contributed by atoms with Gasteiger partial charge in [-0.05, 0) is 58.2 Å². The second kappa shape index (κ2) is 10.4. The molecule has 3 N–H and O–H groups in total. The van der Waals surface area contributed by atoms with E-state index >= 15 is 0 Å². The number of nitrogen functional groups attached to an aromatic ring is 1. The number of nitrogens with zero attached hydrogens (tertiary/aromatic N) is 6. The van der Waals surface area contributed by atoms with Crippen LogP contribution in [0.15, 0.2) is 52.2 Å². The Morgan fingerprint density at radius 1 is 1.23 bits per heavy atom. The van der Waals surface area contributed by atoms with Gasteiger partial charge in [0, 0.05) is 0 Å². The zero-order valence-electron chi connectivity index (χ0n) is 18.8. The Bertz CT molecular complexity index is 1350. The van der Waals surface area contributed by atoms with E-state index in [2.05, 4.69) is 35.8 Å². The summed E-state index contributed by atoms with van der Waals surface area (Å²) in [6, 6.07) is 11.2. The predicted octanol–water partition coefficient (Wildman–Crippen LogP) is 2.29. The van der Waals surface area contributed by atoms with Crippen LogP contribution in [0.2, 0.25) is 0 Å². The van der Waals surface area contributed by atoms with E-state index in [-0.39, 0.29) is 29.8 Å². The summed E-state index contributed by atoms with van der Waals surface area (Å²) in [7, 11) is 1.51. The molecule has 2 aromatic heterocycles. The van der Waals surface area contributed by atoms with Gasteiger partial charge in [0.05, 0.1) is 19.0 Å². The van der Waals surface area contributed by atoms with Crippen LogP contribution in [0.4, 0.5) is 10.2 Å². The third-order valence-electron chi connectivity index (χ3n) is 4.88. The second-order valence-corrected chi connectivity index (χ2v) is 7.15. The molecule has 2 heterocycles. The molecular weight excluding hydrogens is 459 g/mol. The van der Waals surface area contributed by atoms with Crippen LogP contribution in [0, 0.1) is 5.82 Å². The molecule has 0 radical (unpaired) electrons. The van der Waals surface area contributed by atoms with E-state index < -0.39 is 5.91 Å². The number of methoxy groups -OCH3 is 1. The SMILES string of the molecule is CCc1c(C(=O)NN=Cc2ccc(OCc3ccc(F)cc3)c(OC)c2)nnn1-c1nonc1N. The van der Waals surface area contributed by atoms with Crippen LogP contribution in [0.1, 0.15) is 34.2 Å². The lowest BCUT2D eigenvalue weighted by molar-refractivity contribution is 0.0949. The summed E-state index contributed by atoms with van der Waals surface area (Å²) in [5, 5.41) is 19.0. The quantitative estimate of drug-likeness (QED) is 0.271. The summed E-state index contributed by atoms with van der Waals surface area (Å²) >= 11 is 0. The van der Waals surface area contributed by atoms with Gasteiger partial charge in [-0.25, -0.2) is 14.4 Å². The van der Waals surface area contributed by atoms with Gasteiger partial charge in [-0.15, -0.1) is 5.10 Å². The number of anilines is 1. The Kier molecular flexibility index (Phi) is 6.95. The molecule has 0 aliphatic heterocycles. The van der Waals surface area contributed by atoms with Gasteiger partial charge in [0.1, 0.15) is 12.4 Å². The Hall–Kier alpha value is -4.81. The van der Waals surface area contributed by atoms with E-state index in [1.54, 1.807) is 30.3 Å². The number of rotatable bonds is 9. The minimum Gasteiger partial charge on any atom is -0.493 e. The van der Waals surface area contributed by atoms with E-state index in [0.29, 0.717) is 29.2 Å². The van der Waals surface area contributed by atoms with Crippen LogP contribution in [0.5, 0.6) is 11.5 Å². The van der Waals surface area contributed by atoms with Crippen LogP contribution in [0.25, 0.3) is 5.82 Å². The first-order valence-corrected chi connectivity index (χ1v) is 10.4. The number of hydrogen-bond donors (Lipinski definition) is 2.